The fraction of sp³-hybridized carbons (Fsp3) is 0.650. The first-order chi connectivity index (χ1) is 11.7. The molecule has 1 unspecified atom stereocenters. The summed E-state index contributed by atoms with van der Waals surface area (Å²) in [4.78, 5) is 18.1. The molecule has 1 N–H and O–H groups in total. The second-order valence-electron chi connectivity index (χ2n) is 7.13. The summed E-state index contributed by atoms with van der Waals surface area (Å²) in [7, 11) is 0. The third-order valence-corrected chi connectivity index (χ3v) is 6.06. The van der Waals surface area contributed by atoms with E-state index in [-0.39, 0.29) is 17.8 Å². The van der Waals surface area contributed by atoms with Crippen molar-refractivity contribution in [2.45, 2.75) is 44.6 Å². The third kappa shape index (κ3) is 4.02. The molecule has 2 aliphatic heterocycles. The minimum absolute atomic E-state index is 0. The minimum atomic E-state index is -0.362. The highest BCUT2D eigenvalue weighted by Gasteiger charge is 2.42. The van der Waals surface area contributed by atoms with Crippen molar-refractivity contribution >= 4 is 18.3 Å². The zero-order chi connectivity index (χ0) is 17.0. The van der Waals surface area contributed by atoms with Crippen LogP contribution in [0.4, 0.5) is 0 Å². The van der Waals surface area contributed by atoms with Crippen LogP contribution in [0.15, 0.2) is 30.3 Å². The van der Waals surface area contributed by atoms with Gasteiger partial charge in [-0.1, -0.05) is 44.2 Å². The maximum atomic E-state index is 13.5. The first-order valence-corrected chi connectivity index (χ1v) is 9.51. The van der Waals surface area contributed by atoms with Crippen LogP contribution in [-0.4, -0.2) is 61.0 Å². The molecule has 2 saturated heterocycles. The first-order valence-electron chi connectivity index (χ1n) is 9.51. The van der Waals surface area contributed by atoms with Crippen LogP contribution >= 0.6 is 12.4 Å². The van der Waals surface area contributed by atoms with Gasteiger partial charge in [0.1, 0.15) is 0 Å². The van der Waals surface area contributed by atoms with E-state index in [9.17, 15) is 4.79 Å². The smallest absolute Gasteiger partial charge is 0.233 e. The van der Waals surface area contributed by atoms with E-state index < -0.39 is 0 Å². The summed E-state index contributed by atoms with van der Waals surface area (Å²) in [6.07, 6.45) is 2.84. The zero-order valence-corrected chi connectivity index (χ0v) is 16.4. The molecular formula is C20H32ClN3O. The molecule has 0 aliphatic carbocycles. The number of hydrogen-bond acceptors (Lipinski definition) is 3. The lowest BCUT2D eigenvalue weighted by molar-refractivity contribution is -0.137. The Balaban J connectivity index is 0.00000225. The molecule has 0 bridgehead atoms. The number of nitrogens with one attached hydrogen (secondary N) is 1. The van der Waals surface area contributed by atoms with Gasteiger partial charge in [-0.25, -0.2) is 0 Å². The van der Waals surface area contributed by atoms with E-state index in [4.69, 9.17) is 0 Å². The maximum absolute atomic E-state index is 13.5. The van der Waals surface area contributed by atoms with Crippen molar-refractivity contribution in [2.75, 3.05) is 39.3 Å². The van der Waals surface area contributed by atoms with E-state index in [0.29, 0.717) is 11.9 Å². The van der Waals surface area contributed by atoms with E-state index in [1.807, 2.05) is 6.07 Å². The Morgan fingerprint density at radius 1 is 1.12 bits per heavy atom. The van der Waals surface area contributed by atoms with Crippen LogP contribution in [0.3, 0.4) is 0 Å². The molecule has 4 nitrogen and oxygen atoms in total. The zero-order valence-electron chi connectivity index (χ0n) is 15.5. The summed E-state index contributed by atoms with van der Waals surface area (Å²) < 4.78 is 0. The van der Waals surface area contributed by atoms with E-state index >= 15 is 0 Å². The van der Waals surface area contributed by atoms with Crippen LogP contribution in [0.2, 0.25) is 0 Å². The summed E-state index contributed by atoms with van der Waals surface area (Å²) in [5.41, 5.74) is 0.810. The Bertz CT molecular complexity index is 541. The number of likely N-dealkylation sites (tertiary alicyclic amines) is 1. The average molecular weight is 366 g/mol. The quantitative estimate of drug-likeness (QED) is 0.871. The molecule has 2 fully saturated rings. The van der Waals surface area contributed by atoms with Crippen molar-refractivity contribution in [1.29, 1.82) is 0 Å². The van der Waals surface area contributed by atoms with Crippen LogP contribution in [0.25, 0.3) is 0 Å². The topological polar surface area (TPSA) is 35.6 Å². The third-order valence-electron chi connectivity index (χ3n) is 6.06. The molecule has 5 heteroatoms. The number of halogens is 1. The largest absolute Gasteiger partial charge is 0.340 e. The monoisotopic (exact) mass is 365 g/mol. The summed E-state index contributed by atoms with van der Waals surface area (Å²) >= 11 is 0. The lowest BCUT2D eigenvalue weighted by atomic mass is 9.74. The molecule has 0 spiro atoms. The van der Waals surface area contributed by atoms with Crippen molar-refractivity contribution in [3.63, 3.8) is 0 Å². The fourth-order valence-electron chi connectivity index (χ4n) is 4.42. The SMILES string of the molecule is CCC(CC)(C(=O)N1CCC(N2CCNCC2)C1)c1ccccc1.Cl. The molecule has 0 aromatic heterocycles. The molecule has 2 aliphatic rings. The van der Waals surface area contributed by atoms with Gasteiger partial charge in [0.15, 0.2) is 0 Å². The van der Waals surface area contributed by atoms with Gasteiger partial charge in [0.2, 0.25) is 5.91 Å². The molecule has 1 atom stereocenters. The molecular weight excluding hydrogens is 334 g/mol. The Hall–Kier alpha value is -1.10. The standard InChI is InChI=1S/C20H31N3O.ClH/c1-3-20(4-2,17-8-6-5-7-9-17)19(24)23-13-10-18(16-23)22-14-11-21-12-15-22;/h5-9,18,21H,3-4,10-16H2,1-2H3;1H. The van der Waals surface area contributed by atoms with Crippen LogP contribution in [-0.2, 0) is 10.2 Å². The number of carbonyl (C=O) groups excluding carboxylic acids is 1. The van der Waals surface area contributed by atoms with Crippen LogP contribution in [0, 0.1) is 0 Å². The van der Waals surface area contributed by atoms with Gasteiger partial charge >= 0.3 is 0 Å². The Kier molecular flexibility index (Phi) is 7.29. The van der Waals surface area contributed by atoms with Crippen molar-refractivity contribution in [3.8, 4) is 0 Å². The molecule has 1 aromatic rings. The number of benzene rings is 1. The summed E-state index contributed by atoms with van der Waals surface area (Å²) in [5.74, 6) is 0.330. The molecule has 140 valence electrons. The molecule has 2 heterocycles. The van der Waals surface area contributed by atoms with Gasteiger partial charge in [0.05, 0.1) is 5.41 Å². The van der Waals surface area contributed by atoms with E-state index in [2.05, 4.69) is 53.2 Å². The minimum Gasteiger partial charge on any atom is -0.340 e. The predicted molar refractivity (Wildman–Crippen MR) is 105 cm³/mol. The van der Waals surface area contributed by atoms with E-state index in [1.54, 1.807) is 0 Å². The number of hydrogen-bond donors (Lipinski definition) is 1. The average Bonchev–Trinajstić information content (AvgIpc) is 3.15. The first kappa shape index (κ1) is 20.2. The van der Waals surface area contributed by atoms with Crippen molar-refractivity contribution in [1.82, 2.24) is 15.1 Å². The highest BCUT2D eigenvalue weighted by Crippen LogP contribution is 2.35. The molecule has 1 aromatic carbocycles. The molecule has 0 saturated carbocycles. The Morgan fingerprint density at radius 2 is 1.76 bits per heavy atom. The van der Waals surface area contributed by atoms with Crippen LogP contribution in [0.5, 0.6) is 0 Å². The lowest BCUT2D eigenvalue weighted by Crippen LogP contribution is -2.50. The summed E-state index contributed by atoms with van der Waals surface area (Å²) in [6.45, 7) is 10.5. The highest BCUT2D eigenvalue weighted by atomic mass is 35.5. The van der Waals surface area contributed by atoms with Gasteiger partial charge in [-0.05, 0) is 24.8 Å². The predicted octanol–water partition coefficient (Wildman–Crippen LogP) is 2.67. The molecule has 1 amide bonds. The number of nitrogens with zero attached hydrogens (tertiary/aromatic N) is 2. The van der Waals surface area contributed by atoms with Gasteiger partial charge in [-0.2, -0.15) is 0 Å². The molecule has 0 radical (unpaired) electrons. The van der Waals surface area contributed by atoms with Gasteiger partial charge in [-0.15, -0.1) is 12.4 Å². The van der Waals surface area contributed by atoms with Gasteiger partial charge in [-0.3, -0.25) is 9.69 Å². The Labute approximate surface area is 158 Å². The van der Waals surface area contributed by atoms with Gasteiger partial charge in [0, 0.05) is 45.3 Å². The van der Waals surface area contributed by atoms with Crippen molar-refractivity contribution < 1.29 is 4.79 Å². The number of piperazine rings is 1. The number of amides is 1. The fourth-order valence-corrected chi connectivity index (χ4v) is 4.42. The second kappa shape index (κ2) is 9.02. The summed E-state index contributed by atoms with van der Waals surface area (Å²) in [6, 6.07) is 10.9. The van der Waals surface area contributed by atoms with Crippen molar-refractivity contribution in [3.05, 3.63) is 35.9 Å². The van der Waals surface area contributed by atoms with E-state index in [0.717, 1.165) is 58.5 Å². The highest BCUT2D eigenvalue weighted by molar-refractivity contribution is 5.88. The summed E-state index contributed by atoms with van der Waals surface area (Å²) in [5, 5.41) is 3.41. The van der Waals surface area contributed by atoms with Gasteiger partial charge in [0.25, 0.3) is 0 Å². The van der Waals surface area contributed by atoms with Crippen molar-refractivity contribution in [2.24, 2.45) is 0 Å². The number of carbonyl (C=O) groups is 1. The van der Waals surface area contributed by atoms with E-state index in [1.165, 1.54) is 5.56 Å². The normalized spacial score (nSPS) is 21.8. The Morgan fingerprint density at radius 3 is 2.36 bits per heavy atom. The van der Waals surface area contributed by atoms with Gasteiger partial charge < -0.3 is 10.2 Å². The maximum Gasteiger partial charge on any atom is 0.233 e. The molecule has 3 rings (SSSR count). The second-order valence-corrected chi connectivity index (χ2v) is 7.13. The van der Waals surface area contributed by atoms with Crippen LogP contribution in [0.1, 0.15) is 38.7 Å². The van der Waals surface area contributed by atoms with Crippen LogP contribution < -0.4 is 5.32 Å². The number of rotatable bonds is 5. The lowest BCUT2D eigenvalue weighted by Gasteiger charge is -2.36. The molecule has 25 heavy (non-hydrogen) atoms.